The number of nitriles is 1. The molecule has 1 fully saturated rings. The van der Waals surface area contributed by atoms with Gasteiger partial charge in [-0.3, -0.25) is 4.79 Å². The van der Waals surface area contributed by atoms with Crippen LogP contribution in [-0.4, -0.2) is 12.2 Å². The first-order chi connectivity index (χ1) is 13.9. The molecule has 4 rings (SSSR count). The average Bonchev–Trinajstić information content (AvgIpc) is 3.03. The van der Waals surface area contributed by atoms with Crippen LogP contribution in [0.4, 0.5) is 14.5 Å². The van der Waals surface area contributed by atoms with Gasteiger partial charge in [-0.25, -0.2) is 0 Å². The third-order valence-electron chi connectivity index (χ3n) is 4.80. The van der Waals surface area contributed by atoms with Crippen molar-refractivity contribution in [3.8, 4) is 17.6 Å². The molecule has 0 saturated heterocycles. The van der Waals surface area contributed by atoms with Crippen LogP contribution >= 0.6 is 0 Å². The van der Waals surface area contributed by atoms with Crippen LogP contribution in [0.3, 0.4) is 0 Å². The van der Waals surface area contributed by atoms with Crippen LogP contribution in [0.25, 0.3) is 0 Å². The fraction of sp³-hybridized carbons (Fsp3) is 0.364. The molecule has 1 aliphatic heterocycles. The SMILES string of the molecule is FC1(F)Oc2ccccc2O1.N#Cc1ccc(NC(=O)CC2CCCCC2)cc1. The molecule has 1 amide bonds. The maximum Gasteiger partial charge on any atom is 0.586 e. The van der Waals surface area contributed by atoms with E-state index in [2.05, 4.69) is 20.9 Å². The molecule has 7 heteroatoms. The Bertz CT molecular complexity index is 845. The van der Waals surface area contributed by atoms with Gasteiger partial charge in [-0.1, -0.05) is 31.4 Å². The van der Waals surface area contributed by atoms with Crippen LogP contribution in [0.2, 0.25) is 0 Å². The van der Waals surface area contributed by atoms with Crippen molar-refractivity contribution >= 4 is 11.6 Å². The Labute approximate surface area is 168 Å². The molecule has 152 valence electrons. The standard InChI is InChI=1S/C15H18N2O.C7H4F2O2/c16-11-13-6-8-14(9-7-13)17-15(18)10-12-4-2-1-3-5-12;8-7(9)10-5-3-1-2-4-6(5)11-7/h6-9,12H,1-5,10H2,(H,17,18);1-4H. The summed E-state index contributed by atoms with van der Waals surface area (Å²) in [6, 6.07) is 15.1. The van der Waals surface area contributed by atoms with Gasteiger partial charge in [0.25, 0.3) is 0 Å². The number of rotatable bonds is 3. The minimum atomic E-state index is -3.50. The van der Waals surface area contributed by atoms with Crippen molar-refractivity contribution in [1.82, 2.24) is 0 Å². The zero-order chi connectivity index (χ0) is 20.7. The van der Waals surface area contributed by atoms with Crippen LogP contribution in [-0.2, 0) is 4.79 Å². The number of amides is 1. The van der Waals surface area contributed by atoms with Crippen LogP contribution in [0.1, 0.15) is 44.1 Å². The highest BCUT2D eigenvalue weighted by atomic mass is 19.3. The second-order valence-electron chi connectivity index (χ2n) is 7.06. The van der Waals surface area contributed by atoms with Crippen LogP contribution in [0, 0.1) is 17.2 Å². The minimum absolute atomic E-state index is 0.0810. The number of hydrogen-bond acceptors (Lipinski definition) is 4. The van der Waals surface area contributed by atoms with Gasteiger partial charge in [-0.15, -0.1) is 8.78 Å². The van der Waals surface area contributed by atoms with Gasteiger partial charge >= 0.3 is 6.29 Å². The number of fused-ring (bicyclic) bond motifs is 1. The molecule has 1 aliphatic carbocycles. The van der Waals surface area contributed by atoms with Crippen molar-refractivity contribution in [2.45, 2.75) is 44.8 Å². The average molecular weight is 400 g/mol. The van der Waals surface area contributed by atoms with E-state index in [1.807, 2.05) is 0 Å². The highest BCUT2D eigenvalue weighted by molar-refractivity contribution is 5.90. The molecule has 0 radical (unpaired) electrons. The second-order valence-corrected chi connectivity index (χ2v) is 7.06. The Balaban J connectivity index is 0.000000186. The molecule has 0 atom stereocenters. The summed E-state index contributed by atoms with van der Waals surface area (Å²) in [4.78, 5) is 11.9. The number of halogens is 2. The van der Waals surface area contributed by atoms with Gasteiger partial charge in [0, 0.05) is 12.1 Å². The summed E-state index contributed by atoms with van der Waals surface area (Å²) in [5.74, 6) is 0.804. The van der Waals surface area contributed by atoms with Crippen LogP contribution < -0.4 is 14.8 Å². The molecular formula is C22H22F2N2O3. The Morgan fingerprint density at radius 1 is 1.03 bits per heavy atom. The number of anilines is 1. The van der Waals surface area contributed by atoms with E-state index in [0.717, 1.165) is 5.69 Å². The lowest BCUT2D eigenvalue weighted by atomic mass is 9.87. The van der Waals surface area contributed by atoms with Gasteiger partial charge in [0.1, 0.15) is 0 Å². The number of benzene rings is 2. The Morgan fingerprint density at radius 2 is 1.62 bits per heavy atom. The van der Waals surface area contributed by atoms with E-state index < -0.39 is 6.29 Å². The molecule has 5 nitrogen and oxygen atoms in total. The molecule has 2 aromatic carbocycles. The van der Waals surface area contributed by atoms with Crippen molar-refractivity contribution in [3.63, 3.8) is 0 Å². The molecule has 0 bridgehead atoms. The van der Waals surface area contributed by atoms with Gasteiger partial charge in [0.2, 0.25) is 5.91 Å². The van der Waals surface area contributed by atoms with E-state index in [4.69, 9.17) is 5.26 Å². The fourth-order valence-electron chi connectivity index (χ4n) is 3.39. The molecule has 0 unspecified atom stereocenters. The summed E-state index contributed by atoms with van der Waals surface area (Å²) in [5.41, 5.74) is 1.38. The zero-order valence-electron chi connectivity index (χ0n) is 15.9. The predicted octanol–water partition coefficient (Wildman–Crippen LogP) is 5.48. The maximum absolute atomic E-state index is 12.3. The van der Waals surface area contributed by atoms with E-state index in [1.165, 1.54) is 44.2 Å². The molecule has 1 N–H and O–H groups in total. The van der Waals surface area contributed by atoms with Gasteiger partial charge in [-0.05, 0) is 55.2 Å². The second kappa shape index (κ2) is 9.37. The van der Waals surface area contributed by atoms with Crippen molar-refractivity contribution in [1.29, 1.82) is 5.26 Å². The Kier molecular flexibility index (Phi) is 6.65. The zero-order valence-corrected chi connectivity index (χ0v) is 15.9. The Morgan fingerprint density at radius 3 is 2.17 bits per heavy atom. The largest absolute Gasteiger partial charge is 0.586 e. The number of carbonyl (C=O) groups is 1. The van der Waals surface area contributed by atoms with Gasteiger partial charge < -0.3 is 14.8 Å². The quantitative estimate of drug-likeness (QED) is 0.741. The molecule has 0 spiro atoms. The van der Waals surface area contributed by atoms with Crippen molar-refractivity contribution in [2.75, 3.05) is 5.32 Å². The Hall–Kier alpha value is -3.14. The van der Waals surface area contributed by atoms with E-state index >= 15 is 0 Å². The highest BCUT2D eigenvalue weighted by Gasteiger charge is 2.42. The van der Waals surface area contributed by atoms with Crippen molar-refractivity contribution in [3.05, 3.63) is 54.1 Å². The lowest BCUT2D eigenvalue weighted by Crippen LogP contribution is -2.25. The molecule has 0 aromatic heterocycles. The molecule has 29 heavy (non-hydrogen) atoms. The van der Waals surface area contributed by atoms with E-state index in [9.17, 15) is 13.6 Å². The summed E-state index contributed by atoms with van der Waals surface area (Å²) in [6.45, 7) is 0. The summed E-state index contributed by atoms with van der Waals surface area (Å²) in [5, 5.41) is 11.6. The maximum atomic E-state index is 12.3. The van der Waals surface area contributed by atoms with E-state index in [-0.39, 0.29) is 17.4 Å². The summed E-state index contributed by atoms with van der Waals surface area (Å²) >= 11 is 0. The monoisotopic (exact) mass is 400 g/mol. The van der Waals surface area contributed by atoms with Crippen molar-refractivity contribution < 1.29 is 23.0 Å². The lowest BCUT2D eigenvalue weighted by Gasteiger charge is -2.20. The first-order valence-corrected chi connectivity index (χ1v) is 9.60. The van der Waals surface area contributed by atoms with Gasteiger partial charge in [-0.2, -0.15) is 5.26 Å². The molecule has 1 heterocycles. The third kappa shape index (κ3) is 6.18. The molecular weight excluding hydrogens is 378 g/mol. The summed E-state index contributed by atoms with van der Waals surface area (Å²) < 4.78 is 32.9. The van der Waals surface area contributed by atoms with Gasteiger partial charge in [0.15, 0.2) is 11.5 Å². The predicted molar refractivity (Wildman–Crippen MR) is 104 cm³/mol. The lowest BCUT2D eigenvalue weighted by molar-refractivity contribution is -0.286. The third-order valence-corrected chi connectivity index (χ3v) is 4.80. The van der Waals surface area contributed by atoms with E-state index in [0.29, 0.717) is 17.9 Å². The summed E-state index contributed by atoms with van der Waals surface area (Å²) in [6.07, 6.45) is 3.32. The normalized spacial score (nSPS) is 16.9. The number of carbonyl (C=O) groups excluding carboxylic acids is 1. The number of nitrogens with zero attached hydrogens (tertiary/aromatic N) is 1. The summed E-state index contributed by atoms with van der Waals surface area (Å²) in [7, 11) is 0. The number of hydrogen-bond donors (Lipinski definition) is 1. The topological polar surface area (TPSA) is 71.3 Å². The smallest absolute Gasteiger partial charge is 0.395 e. The first kappa shape index (κ1) is 20.6. The van der Waals surface area contributed by atoms with Crippen molar-refractivity contribution in [2.24, 2.45) is 5.92 Å². The fourth-order valence-corrected chi connectivity index (χ4v) is 3.39. The molecule has 2 aliphatic rings. The van der Waals surface area contributed by atoms with E-state index in [1.54, 1.807) is 36.4 Å². The molecule has 1 saturated carbocycles. The van der Waals surface area contributed by atoms with Crippen LogP contribution in [0.15, 0.2) is 48.5 Å². The molecule has 2 aromatic rings. The van der Waals surface area contributed by atoms with Crippen LogP contribution in [0.5, 0.6) is 11.5 Å². The number of ether oxygens (including phenoxy) is 2. The number of alkyl halides is 2. The first-order valence-electron chi connectivity index (χ1n) is 9.60. The van der Waals surface area contributed by atoms with Gasteiger partial charge in [0.05, 0.1) is 11.6 Å². The number of para-hydroxylation sites is 2. The minimum Gasteiger partial charge on any atom is -0.395 e. The number of nitrogens with one attached hydrogen (secondary N) is 1. The highest BCUT2D eigenvalue weighted by Crippen LogP contribution is 2.40.